The van der Waals surface area contributed by atoms with Crippen LogP contribution in [0.25, 0.3) is 22.2 Å². The number of nitrogens with one attached hydrogen (secondary N) is 1. The van der Waals surface area contributed by atoms with Crippen LogP contribution in [0.4, 0.5) is 5.69 Å². The van der Waals surface area contributed by atoms with E-state index in [1.54, 1.807) is 12.1 Å². The van der Waals surface area contributed by atoms with E-state index in [1.165, 1.54) is 12.1 Å². The summed E-state index contributed by atoms with van der Waals surface area (Å²) in [6.45, 7) is 0. The van der Waals surface area contributed by atoms with Crippen molar-refractivity contribution in [2.75, 3.05) is 5.73 Å². The summed E-state index contributed by atoms with van der Waals surface area (Å²) < 4.78 is 27.2. The number of nitrogens with two attached hydrogens (primary N) is 1. The van der Waals surface area contributed by atoms with Gasteiger partial charge in [0.1, 0.15) is 4.90 Å². The summed E-state index contributed by atoms with van der Waals surface area (Å²) in [4.78, 5) is 3.30. The fourth-order valence-corrected chi connectivity index (χ4v) is 5.48. The van der Waals surface area contributed by atoms with Crippen LogP contribution in [0.2, 0.25) is 10.0 Å². The lowest BCUT2D eigenvalue weighted by Crippen LogP contribution is -2.05. The van der Waals surface area contributed by atoms with E-state index in [-0.39, 0.29) is 25.5 Å². The Balaban J connectivity index is 2.08. The van der Waals surface area contributed by atoms with Crippen molar-refractivity contribution < 1.29 is 8.42 Å². The Morgan fingerprint density at radius 3 is 2.26 bits per heavy atom. The highest BCUT2D eigenvalue weighted by molar-refractivity contribution is 7.92. The molecule has 3 aromatic carbocycles. The molecular weight excluding hydrogens is 403 g/mol. The van der Waals surface area contributed by atoms with Crippen LogP contribution < -0.4 is 5.73 Å². The topological polar surface area (TPSA) is 76.0 Å². The Hall–Kier alpha value is -2.47. The molecule has 3 N–H and O–H groups in total. The Kier molecular flexibility index (Phi) is 4.38. The van der Waals surface area contributed by atoms with E-state index in [0.717, 1.165) is 5.56 Å². The molecule has 0 amide bonds. The number of H-pyrrole nitrogens is 1. The summed E-state index contributed by atoms with van der Waals surface area (Å²) >= 11 is 12.3. The summed E-state index contributed by atoms with van der Waals surface area (Å²) in [6, 6.07) is 19.2. The highest BCUT2D eigenvalue weighted by atomic mass is 35.5. The van der Waals surface area contributed by atoms with Crippen LogP contribution in [0.3, 0.4) is 0 Å². The van der Waals surface area contributed by atoms with Crippen LogP contribution in [0.1, 0.15) is 0 Å². The number of rotatable bonds is 3. The molecule has 0 aliphatic carbocycles. The van der Waals surface area contributed by atoms with Gasteiger partial charge in [0.05, 0.1) is 26.3 Å². The first-order chi connectivity index (χ1) is 12.9. The second kappa shape index (κ2) is 6.60. The van der Waals surface area contributed by atoms with Gasteiger partial charge in [0, 0.05) is 10.9 Å². The fourth-order valence-electron chi connectivity index (χ4n) is 3.06. The van der Waals surface area contributed by atoms with Crippen LogP contribution >= 0.6 is 23.2 Å². The van der Waals surface area contributed by atoms with Gasteiger partial charge in [0.25, 0.3) is 0 Å². The zero-order valence-corrected chi connectivity index (χ0v) is 16.2. The Morgan fingerprint density at radius 2 is 1.52 bits per heavy atom. The normalized spacial score (nSPS) is 11.8. The zero-order valence-electron chi connectivity index (χ0n) is 13.9. The van der Waals surface area contributed by atoms with Crippen molar-refractivity contribution in [2.24, 2.45) is 0 Å². The highest BCUT2D eigenvalue weighted by Crippen LogP contribution is 2.40. The van der Waals surface area contributed by atoms with Crippen LogP contribution in [-0.4, -0.2) is 13.4 Å². The number of halogens is 2. The van der Waals surface area contributed by atoms with Gasteiger partial charge in [0.2, 0.25) is 9.84 Å². The number of hydrogen-bond acceptors (Lipinski definition) is 3. The van der Waals surface area contributed by atoms with E-state index >= 15 is 0 Å². The van der Waals surface area contributed by atoms with E-state index in [1.807, 2.05) is 42.5 Å². The second-order valence-electron chi connectivity index (χ2n) is 6.05. The standard InChI is InChI=1S/C20H14Cl2N2O2S/c21-14-11-18(15(22)10-16(14)23)27(25,26)20-13-8-4-5-9-17(13)24-19(20)12-6-2-1-3-7-12/h1-11,24H,23H2. The van der Waals surface area contributed by atoms with E-state index < -0.39 is 9.84 Å². The molecule has 4 nitrogen and oxygen atoms in total. The number of para-hydroxylation sites is 1. The first kappa shape index (κ1) is 17.9. The molecule has 4 aromatic rings. The van der Waals surface area contributed by atoms with Gasteiger partial charge in [-0.2, -0.15) is 0 Å². The maximum absolute atomic E-state index is 13.6. The van der Waals surface area contributed by atoms with E-state index in [4.69, 9.17) is 28.9 Å². The van der Waals surface area contributed by atoms with Gasteiger partial charge in [0.15, 0.2) is 0 Å². The molecular formula is C20H14Cl2N2O2S. The van der Waals surface area contributed by atoms with Crippen molar-refractivity contribution >= 4 is 49.6 Å². The number of hydrogen-bond donors (Lipinski definition) is 2. The first-order valence-corrected chi connectivity index (χ1v) is 10.3. The molecule has 0 aliphatic heterocycles. The first-order valence-electron chi connectivity index (χ1n) is 8.05. The Bertz CT molecular complexity index is 1270. The second-order valence-corrected chi connectivity index (χ2v) is 8.72. The molecule has 0 aliphatic rings. The number of aromatic amines is 1. The molecule has 4 rings (SSSR count). The van der Waals surface area contributed by atoms with Crippen LogP contribution in [-0.2, 0) is 9.84 Å². The SMILES string of the molecule is Nc1cc(Cl)c(S(=O)(=O)c2c(-c3ccccc3)[nH]c3ccccc23)cc1Cl. The van der Waals surface area contributed by atoms with Gasteiger partial charge in [-0.25, -0.2) is 8.42 Å². The van der Waals surface area contributed by atoms with Crippen molar-refractivity contribution in [2.45, 2.75) is 9.79 Å². The van der Waals surface area contributed by atoms with Crippen molar-refractivity contribution in [3.8, 4) is 11.3 Å². The smallest absolute Gasteiger partial charge is 0.210 e. The minimum atomic E-state index is -3.97. The molecule has 0 saturated heterocycles. The average molecular weight is 417 g/mol. The van der Waals surface area contributed by atoms with Crippen LogP contribution in [0.15, 0.2) is 76.5 Å². The predicted molar refractivity (Wildman–Crippen MR) is 110 cm³/mol. The Labute approximate surface area is 166 Å². The number of fused-ring (bicyclic) bond motifs is 1. The molecule has 0 radical (unpaired) electrons. The lowest BCUT2D eigenvalue weighted by molar-refractivity contribution is 0.597. The lowest BCUT2D eigenvalue weighted by Gasteiger charge is -2.10. The molecule has 1 aromatic heterocycles. The van der Waals surface area contributed by atoms with Crippen LogP contribution in [0.5, 0.6) is 0 Å². The van der Waals surface area contributed by atoms with Gasteiger partial charge >= 0.3 is 0 Å². The summed E-state index contributed by atoms with van der Waals surface area (Å²) in [6.07, 6.45) is 0. The van der Waals surface area contributed by atoms with E-state index in [0.29, 0.717) is 16.6 Å². The summed E-state index contributed by atoms with van der Waals surface area (Å²) in [5.74, 6) is 0. The Morgan fingerprint density at radius 1 is 0.852 bits per heavy atom. The maximum Gasteiger partial charge on any atom is 0.210 e. The van der Waals surface area contributed by atoms with Crippen molar-refractivity contribution in [1.82, 2.24) is 4.98 Å². The minimum absolute atomic E-state index is 0.0289. The summed E-state index contributed by atoms with van der Waals surface area (Å²) in [5.41, 5.74) is 7.94. The molecule has 0 atom stereocenters. The largest absolute Gasteiger partial charge is 0.397 e. The third-order valence-electron chi connectivity index (χ3n) is 4.33. The van der Waals surface area contributed by atoms with Gasteiger partial charge < -0.3 is 10.7 Å². The molecule has 136 valence electrons. The van der Waals surface area contributed by atoms with E-state index in [9.17, 15) is 8.42 Å². The number of anilines is 1. The molecule has 7 heteroatoms. The molecule has 0 spiro atoms. The quantitative estimate of drug-likeness (QED) is 0.429. The lowest BCUT2D eigenvalue weighted by atomic mass is 10.1. The monoisotopic (exact) mass is 416 g/mol. The van der Waals surface area contributed by atoms with Crippen molar-refractivity contribution in [3.05, 3.63) is 76.8 Å². The molecule has 27 heavy (non-hydrogen) atoms. The molecule has 0 unspecified atom stereocenters. The van der Waals surface area contributed by atoms with Gasteiger partial charge in [-0.3, -0.25) is 0 Å². The van der Waals surface area contributed by atoms with Crippen molar-refractivity contribution in [3.63, 3.8) is 0 Å². The minimum Gasteiger partial charge on any atom is -0.397 e. The van der Waals surface area contributed by atoms with E-state index in [2.05, 4.69) is 4.98 Å². The number of aromatic nitrogens is 1. The average Bonchev–Trinajstić information content (AvgIpc) is 3.05. The predicted octanol–water partition coefficient (Wildman–Crippen LogP) is 5.56. The maximum atomic E-state index is 13.6. The van der Waals surface area contributed by atoms with Gasteiger partial charge in [-0.05, 0) is 23.8 Å². The molecule has 0 fully saturated rings. The summed E-state index contributed by atoms with van der Waals surface area (Å²) in [7, 11) is -3.97. The van der Waals surface area contributed by atoms with Crippen LogP contribution in [0, 0.1) is 0 Å². The number of nitrogen functional groups attached to an aromatic ring is 1. The molecule has 1 heterocycles. The van der Waals surface area contributed by atoms with Gasteiger partial charge in [-0.15, -0.1) is 0 Å². The molecule has 0 saturated carbocycles. The third-order valence-corrected chi connectivity index (χ3v) is 6.96. The number of sulfone groups is 1. The molecule has 0 bridgehead atoms. The summed E-state index contributed by atoms with van der Waals surface area (Å²) in [5, 5.41) is 0.751. The number of benzene rings is 3. The fraction of sp³-hybridized carbons (Fsp3) is 0. The van der Waals surface area contributed by atoms with Gasteiger partial charge in [-0.1, -0.05) is 71.7 Å². The zero-order chi connectivity index (χ0) is 19.2. The van der Waals surface area contributed by atoms with Crippen molar-refractivity contribution in [1.29, 1.82) is 0 Å². The third kappa shape index (κ3) is 2.98. The highest BCUT2D eigenvalue weighted by Gasteiger charge is 2.29.